The van der Waals surface area contributed by atoms with Gasteiger partial charge in [0.15, 0.2) is 0 Å². The molecular formula is C23H27N3O2. The molecule has 0 radical (unpaired) electrons. The maximum Gasteiger partial charge on any atom is 0.253 e. The predicted octanol–water partition coefficient (Wildman–Crippen LogP) is 4.42. The second-order valence-corrected chi connectivity index (χ2v) is 7.17. The first-order chi connectivity index (χ1) is 13.4. The summed E-state index contributed by atoms with van der Waals surface area (Å²) in [7, 11) is 1.83. The van der Waals surface area contributed by atoms with Crippen molar-refractivity contribution in [2.24, 2.45) is 0 Å². The van der Waals surface area contributed by atoms with E-state index in [1.807, 2.05) is 87.1 Å². The number of imidazole rings is 1. The fourth-order valence-electron chi connectivity index (χ4n) is 3.07. The SMILES string of the molecule is Cc1nccn1CCN(C)C(=O)c1cccc(-c2cccc(OC(C)C)c2)c1. The van der Waals surface area contributed by atoms with Gasteiger partial charge in [0, 0.05) is 38.1 Å². The zero-order chi connectivity index (χ0) is 20.1. The molecule has 0 atom stereocenters. The Kier molecular flexibility index (Phi) is 6.14. The van der Waals surface area contributed by atoms with Crippen LogP contribution in [0.1, 0.15) is 30.0 Å². The number of aromatic nitrogens is 2. The first-order valence-corrected chi connectivity index (χ1v) is 9.54. The van der Waals surface area contributed by atoms with E-state index in [-0.39, 0.29) is 12.0 Å². The molecule has 0 saturated heterocycles. The molecule has 0 spiro atoms. The number of ether oxygens (including phenoxy) is 1. The number of nitrogens with zero attached hydrogens (tertiary/aromatic N) is 3. The minimum absolute atomic E-state index is 0.00852. The molecule has 0 unspecified atom stereocenters. The van der Waals surface area contributed by atoms with Crippen molar-refractivity contribution in [3.8, 4) is 16.9 Å². The van der Waals surface area contributed by atoms with Gasteiger partial charge in [0.25, 0.3) is 5.91 Å². The lowest BCUT2D eigenvalue weighted by molar-refractivity contribution is 0.0790. The molecule has 0 fully saturated rings. The minimum atomic E-state index is 0.00852. The molecule has 5 heteroatoms. The van der Waals surface area contributed by atoms with Gasteiger partial charge in [0.05, 0.1) is 6.10 Å². The van der Waals surface area contributed by atoms with Crippen LogP contribution in [-0.4, -0.2) is 40.1 Å². The average molecular weight is 377 g/mol. The van der Waals surface area contributed by atoms with Gasteiger partial charge in [-0.1, -0.05) is 24.3 Å². The second-order valence-electron chi connectivity index (χ2n) is 7.17. The normalized spacial score (nSPS) is 10.9. The summed E-state index contributed by atoms with van der Waals surface area (Å²) in [5.41, 5.74) is 2.71. The fraction of sp³-hybridized carbons (Fsp3) is 0.304. The molecule has 1 aromatic heterocycles. The molecule has 1 amide bonds. The van der Waals surface area contributed by atoms with Gasteiger partial charge in [-0.05, 0) is 56.2 Å². The van der Waals surface area contributed by atoms with Crippen molar-refractivity contribution < 1.29 is 9.53 Å². The molecule has 0 saturated carbocycles. The molecule has 0 bridgehead atoms. The van der Waals surface area contributed by atoms with Crippen molar-refractivity contribution in [3.05, 3.63) is 72.3 Å². The van der Waals surface area contributed by atoms with Gasteiger partial charge in [0.1, 0.15) is 11.6 Å². The highest BCUT2D eigenvalue weighted by molar-refractivity contribution is 5.95. The Morgan fingerprint density at radius 1 is 1.14 bits per heavy atom. The van der Waals surface area contributed by atoms with Gasteiger partial charge in [-0.15, -0.1) is 0 Å². The lowest BCUT2D eigenvalue weighted by atomic mass is 10.0. The monoisotopic (exact) mass is 377 g/mol. The maximum absolute atomic E-state index is 12.9. The zero-order valence-corrected chi connectivity index (χ0v) is 16.9. The lowest BCUT2D eigenvalue weighted by Crippen LogP contribution is -2.30. The summed E-state index contributed by atoms with van der Waals surface area (Å²) in [6.07, 6.45) is 3.83. The van der Waals surface area contributed by atoms with E-state index < -0.39 is 0 Å². The van der Waals surface area contributed by atoms with Crippen LogP contribution >= 0.6 is 0 Å². The number of benzene rings is 2. The smallest absolute Gasteiger partial charge is 0.253 e. The van der Waals surface area contributed by atoms with Crippen LogP contribution in [0.5, 0.6) is 5.75 Å². The van der Waals surface area contributed by atoms with Crippen LogP contribution in [0.3, 0.4) is 0 Å². The summed E-state index contributed by atoms with van der Waals surface area (Å²) in [6, 6.07) is 15.7. The Hall–Kier alpha value is -3.08. The van der Waals surface area contributed by atoms with Gasteiger partial charge in [-0.25, -0.2) is 4.98 Å². The average Bonchev–Trinajstić information content (AvgIpc) is 3.10. The topological polar surface area (TPSA) is 47.4 Å². The molecular weight excluding hydrogens is 350 g/mol. The molecule has 1 heterocycles. The standard InChI is InChI=1S/C23H27N3O2/c1-17(2)28-22-10-6-8-20(16-22)19-7-5-9-21(15-19)23(27)25(4)13-14-26-12-11-24-18(26)3/h5-12,15-17H,13-14H2,1-4H3. The molecule has 146 valence electrons. The molecule has 3 rings (SSSR count). The van der Waals surface area contributed by atoms with Crippen LogP contribution in [0.4, 0.5) is 0 Å². The highest BCUT2D eigenvalue weighted by atomic mass is 16.5. The number of hydrogen-bond donors (Lipinski definition) is 0. The minimum Gasteiger partial charge on any atom is -0.491 e. The molecule has 0 aliphatic carbocycles. The number of rotatable bonds is 7. The largest absolute Gasteiger partial charge is 0.491 e. The van der Waals surface area contributed by atoms with Gasteiger partial charge < -0.3 is 14.2 Å². The highest BCUT2D eigenvalue weighted by Crippen LogP contribution is 2.25. The van der Waals surface area contributed by atoms with E-state index in [2.05, 4.69) is 4.98 Å². The van der Waals surface area contributed by atoms with E-state index in [1.54, 1.807) is 11.1 Å². The van der Waals surface area contributed by atoms with E-state index in [0.29, 0.717) is 12.1 Å². The first-order valence-electron chi connectivity index (χ1n) is 9.54. The summed E-state index contributed by atoms with van der Waals surface area (Å²) in [4.78, 5) is 18.8. The van der Waals surface area contributed by atoms with Crippen LogP contribution in [0.15, 0.2) is 60.9 Å². The highest BCUT2D eigenvalue weighted by Gasteiger charge is 2.13. The molecule has 5 nitrogen and oxygen atoms in total. The van der Waals surface area contributed by atoms with Crippen molar-refractivity contribution in [1.82, 2.24) is 14.5 Å². The number of likely N-dealkylation sites (N-methyl/N-ethyl adjacent to an activating group) is 1. The third-order valence-corrected chi connectivity index (χ3v) is 4.60. The first kappa shape index (κ1) is 19.7. The van der Waals surface area contributed by atoms with Crippen LogP contribution in [0.2, 0.25) is 0 Å². The van der Waals surface area contributed by atoms with E-state index >= 15 is 0 Å². The maximum atomic E-state index is 12.9. The van der Waals surface area contributed by atoms with E-state index in [9.17, 15) is 4.79 Å². The van der Waals surface area contributed by atoms with Crippen molar-refractivity contribution in [2.45, 2.75) is 33.4 Å². The van der Waals surface area contributed by atoms with Gasteiger partial charge in [-0.3, -0.25) is 4.79 Å². The van der Waals surface area contributed by atoms with Crippen LogP contribution in [0.25, 0.3) is 11.1 Å². The molecule has 2 aromatic carbocycles. The van der Waals surface area contributed by atoms with Gasteiger partial charge in [-0.2, -0.15) is 0 Å². The van der Waals surface area contributed by atoms with Crippen molar-refractivity contribution >= 4 is 5.91 Å². The summed E-state index contributed by atoms with van der Waals surface area (Å²) in [5, 5.41) is 0. The molecule has 3 aromatic rings. The van der Waals surface area contributed by atoms with Gasteiger partial charge in [0.2, 0.25) is 0 Å². The molecule has 0 N–H and O–H groups in total. The van der Waals surface area contributed by atoms with E-state index in [0.717, 1.165) is 29.2 Å². The summed E-state index contributed by atoms with van der Waals surface area (Å²) < 4.78 is 7.83. The molecule has 0 aliphatic heterocycles. The number of carbonyl (C=O) groups excluding carboxylic acids is 1. The van der Waals surface area contributed by atoms with Crippen molar-refractivity contribution in [3.63, 3.8) is 0 Å². The number of aryl methyl sites for hydroxylation is 1. The lowest BCUT2D eigenvalue weighted by Gasteiger charge is -2.18. The second kappa shape index (κ2) is 8.74. The van der Waals surface area contributed by atoms with Crippen LogP contribution in [0, 0.1) is 6.92 Å². The number of carbonyl (C=O) groups is 1. The summed E-state index contributed by atoms with van der Waals surface area (Å²) in [5.74, 6) is 1.79. The van der Waals surface area contributed by atoms with Crippen molar-refractivity contribution in [1.29, 1.82) is 0 Å². The number of amides is 1. The molecule has 0 aliphatic rings. The number of hydrogen-bond acceptors (Lipinski definition) is 3. The summed E-state index contributed by atoms with van der Waals surface area (Å²) >= 11 is 0. The van der Waals surface area contributed by atoms with Gasteiger partial charge >= 0.3 is 0 Å². The third-order valence-electron chi connectivity index (χ3n) is 4.60. The van der Waals surface area contributed by atoms with Crippen LogP contribution in [-0.2, 0) is 6.54 Å². The Morgan fingerprint density at radius 3 is 2.54 bits per heavy atom. The molecule has 28 heavy (non-hydrogen) atoms. The van der Waals surface area contributed by atoms with E-state index in [4.69, 9.17) is 4.74 Å². The zero-order valence-electron chi connectivity index (χ0n) is 16.9. The Bertz CT molecular complexity index is 946. The van der Waals surface area contributed by atoms with Crippen molar-refractivity contribution in [2.75, 3.05) is 13.6 Å². The fourth-order valence-corrected chi connectivity index (χ4v) is 3.07. The van der Waals surface area contributed by atoms with Crippen LogP contribution < -0.4 is 4.74 Å². The Labute approximate surface area is 166 Å². The summed E-state index contributed by atoms with van der Waals surface area (Å²) in [6.45, 7) is 7.32. The Morgan fingerprint density at radius 2 is 1.86 bits per heavy atom. The third kappa shape index (κ3) is 4.80. The predicted molar refractivity (Wildman–Crippen MR) is 112 cm³/mol. The quantitative estimate of drug-likeness (QED) is 0.612. The Balaban J connectivity index is 1.73. The van der Waals surface area contributed by atoms with E-state index in [1.165, 1.54) is 0 Å².